The molecular weight excluding hydrogens is 732 g/mol. The predicted molar refractivity (Wildman–Crippen MR) is 239 cm³/mol. The van der Waals surface area contributed by atoms with Gasteiger partial charge in [0, 0.05) is 54.7 Å². The Kier molecular flexibility index (Phi) is 20.1. The van der Waals surface area contributed by atoms with Crippen molar-refractivity contribution in [2.75, 3.05) is 0 Å². The third-order valence-corrected chi connectivity index (χ3v) is 10.5. The zero-order chi connectivity index (χ0) is 41.2. The summed E-state index contributed by atoms with van der Waals surface area (Å²) < 4.78 is 0. The van der Waals surface area contributed by atoms with Crippen molar-refractivity contribution >= 4 is 0 Å². The molecule has 300 valence electrons. The van der Waals surface area contributed by atoms with Crippen LogP contribution in [0.2, 0.25) is 0 Å². The van der Waals surface area contributed by atoms with Gasteiger partial charge in [-0.25, -0.2) is 0 Å². The topological polar surface area (TPSA) is 60.7 Å². The van der Waals surface area contributed by atoms with E-state index in [1.54, 1.807) is 18.2 Å². The Bertz CT molecular complexity index is 1760. The van der Waals surface area contributed by atoms with Crippen LogP contribution < -0.4 is 0 Å². The van der Waals surface area contributed by atoms with Gasteiger partial charge in [-0.3, -0.25) is 0 Å². The van der Waals surface area contributed by atoms with Crippen LogP contribution in [0.15, 0.2) is 164 Å². The molecule has 0 unspecified atom stereocenters. The molecule has 6 rings (SSSR count). The van der Waals surface area contributed by atoms with Crippen LogP contribution in [0.3, 0.4) is 0 Å². The van der Waals surface area contributed by atoms with Crippen LogP contribution in [0.5, 0.6) is 17.2 Å². The van der Waals surface area contributed by atoms with Crippen molar-refractivity contribution in [2.24, 2.45) is 5.92 Å². The molecule has 0 heterocycles. The minimum atomic E-state index is -0.174. The van der Waals surface area contributed by atoms with E-state index in [4.69, 9.17) is 0 Å². The zero-order valence-electron chi connectivity index (χ0n) is 35.5. The summed E-state index contributed by atoms with van der Waals surface area (Å²) in [5, 5.41) is 29.7. The third kappa shape index (κ3) is 14.4. The van der Waals surface area contributed by atoms with Gasteiger partial charge in [0.05, 0.1) is 0 Å². The standard InChI is InChI=1S/3C15H16O.C8H17.Ti/c3*1-15(2,12-8-4-3-5-9-12)13-10-6-7-11-14(13)16;1-4-5-6-7-8(2)3;/h3*3-11,16H,1-2H3;8H,1,4-7H2,2-3H3;/q;;;-1;. The maximum atomic E-state index is 9.91. The molecule has 3 N–H and O–H groups in total. The van der Waals surface area contributed by atoms with Crippen molar-refractivity contribution in [3.05, 3.63) is 204 Å². The number of benzene rings is 6. The van der Waals surface area contributed by atoms with Gasteiger partial charge in [-0.15, -0.1) is 0 Å². The summed E-state index contributed by atoms with van der Waals surface area (Å²) in [6, 6.07) is 53.2. The number of hydrogen-bond acceptors (Lipinski definition) is 3. The predicted octanol–water partition coefficient (Wildman–Crippen LogP) is 14.2. The summed E-state index contributed by atoms with van der Waals surface area (Å²) in [5.41, 5.74) is 5.97. The Morgan fingerprint density at radius 3 is 0.877 bits per heavy atom. The van der Waals surface area contributed by atoms with Crippen molar-refractivity contribution in [1.29, 1.82) is 0 Å². The van der Waals surface area contributed by atoms with Crippen LogP contribution in [0.1, 0.15) is 114 Å². The Morgan fingerprint density at radius 1 is 0.404 bits per heavy atom. The maximum Gasteiger partial charge on any atom is 0.119 e. The van der Waals surface area contributed by atoms with E-state index in [0.29, 0.717) is 17.2 Å². The fraction of sp³-hybridized carbons (Fsp3) is 0.302. The van der Waals surface area contributed by atoms with Crippen LogP contribution in [0.25, 0.3) is 0 Å². The first kappa shape index (κ1) is 48.6. The van der Waals surface area contributed by atoms with E-state index in [0.717, 1.165) is 29.0 Å². The second-order valence-corrected chi connectivity index (χ2v) is 16.3. The molecule has 57 heavy (non-hydrogen) atoms. The van der Waals surface area contributed by atoms with Gasteiger partial charge in [-0.05, 0) is 40.8 Å². The van der Waals surface area contributed by atoms with Gasteiger partial charge in [0.15, 0.2) is 0 Å². The van der Waals surface area contributed by atoms with Crippen molar-refractivity contribution < 1.29 is 37.0 Å². The average molecular weight is 798 g/mol. The van der Waals surface area contributed by atoms with Crippen molar-refractivity contribution in [3.63, 3.8) is 0 Å². The van der Waals surface area contributed by atoms with E-state index in [1.165, 1.54) is 36.0 Å². The molecule has 0 fully saturated rings. The van der Waals surface area contributed by atoms with Gasteiger partial charge < -0.3 is 22.2 Å². The van der Waals surface area contributed by atoms with Gasteiger partial charge in [0.2, 0.25) is 0 Å². The van der Waals surface area contributed by atoms with Crippen molar-refractivity contribution in [1.82, 2.24) is 0 Å². The molecule has 0 atom stereocenters. The average Bonchev–Trinajstić information content (AvgIpc) is 3.20. The normalized spacial score (nSPS) is 11.1. The maximum absolute atomic E-state index is 9.91. The van der Waals surface area contributed by atoms with Crippen LogP contribution >= 0.6 is 0 Å². The molecule has 0 bridgehead atoms. The van der Waals surface area contributed by atoms with Crippen molar-refractivity contribution in [3.8, 4) is 17.2 Å². The number of hydrogen-bond donors (Lipinski definition) is 3. The third-order valence-electron chi connectivity index (χ3n) is 10.5. The molecule has 0 aliphatic heterocycles. The molecule has 0 aromatic heterocycles. The Morgan fingerprint density at radius 2 is 0.649 bits per heavy atom. The summed E-state index contributed by atoms with van der Waals surface area (Å²) in [7, 11) is 0. The van der Waals surface area contributed by atoms with Gasteiger partial charge >= 0.3 is 0 Å². The number of rotatable bonds is 10. The van der Waals surface area contributed by atoms with Crippen LogP contribution in [0.4, 0.5) is 0 Å². The molecule has 0 saturated heterocycles. The minimum Gasteiger partial charge on any atom is -0.508 e. The van der Waals surface area contributed by atoms with Crippen LogP contribution in [-0.4, -0.2) is 15.3 Å². The summed E-state index contributed by atoms with van der Waals surface area (Å²) in [5.74, 6) is 1.95. The van der Waals surface area contributed by atoms with Crippen LogP contribution in [0, 0.1) is 12.8 Å². The Hall–Kier alpha value is -4.57. The smallest absolute Gasteiger partial charge is 0.119 e. The van der Waals surface area contributed by atoms with E-state index in [2.05, 4.69) is 98.7 Å². The molecule has 0 spiro atoms. The number of phenols is 3. The molecule has 6 aromatic carbocycles. The summed E-state index contributed by atoms with van der Waals surface area (Å²) in [6.07, 6.45) is 5.14. The Balaban J connectivity index is 0.000000268. The largest absolute Gasteiger partial charge is 0.508 e. The van der Waals surface area contributed by atoms with Gasteiger partial charge in [0.25, 0.3) is 0 Å². The molecule has 0 aliphatic rings. The first-order valence-electron chi connectivity index (χ1n) is 19.9. The quantitative estimate of drug-likeness (QED) is 0.0735. The number of aromatic hydroxyl groups is 3. The SMILES string of the molecule is CC(C)(c1ccccc1)c1ccccc1O.CC(C)(c1ccccc1)c1ccccc1O.CC(C)(c1ccccc1)c1ccccc1O.[CH2-]CCCCC(C)C.[Ti]. The monoisotopic (exact) mass is 797 g/mol. The van der Waals surface area contributed by atoms with Gasteiger partial charge in [0.1, 0.15) is 17.2 Å². The van der Waals surface area contributed by atoms with Crippen molar-refractivity contribution in [2.45, 2.75) is 97.3 Å². The summed E-state index contributed by atoms with van der Waals surface area (Å²) in [6.45, 7) is 21.1. The molecule has 6 aromatic rings. The second-order valence-electron chi connectivity index (χ2n) is 16.3. The van der Waals surface area contributed by atoms with Gasteiger partial charge in [-0.2, -0.15) is 6.42 Å². The first-order valence-corrected chi connectivity index (χ1v) is 19.9. The number of unbranched alkanes of at least 4 members (excludes halogenated alkanes) is 2. The molecule has 3 nitrogen and oxygen atoms in total. The first-order chi connectivity index (χ1) is 26.6. The molecule has 4 heteroatoms. The van der Waals surface area contributed by atoms with Crippen LogP contribution in [-0.2, 0) is 38.0 Å². The van der Waals surface area contributed by atoms with E-state index in [-0.39, 0.29) is 38.0 Å². The number of para-hydroxylation sites is 3. The zero-order valence-corrected chi connectivity index (χ0v) is 37.1. The summed E-state index contributed by atoms with van der Waals surface area (Å²) in [4.78, 5) is 0. The van der Waals surface area contributed by atoms with E-state index in [1.807, 2.05) is 109 Å². The molecule has 0 saturated carbocycles. The van der Waals surface area contributed by atoms with E-state index >= 15 is 0 Å². The van der Waals surface area contributed by atoms with E-state index in [9.17, 15) is 15.3 Å². The molecule has 0 radical (unpaired) electrons. The molecule has 0 aliphatic carbocycles. The molecule has 0 amide bonds. The fourth-order valence-corrected chi connectivity index (χ4v) is 6.77. The minimum absolute atomic E-state index is 0. The second kappa shape index (κ2) is 23.6. The van der Waals surface area contributed by atoms with E-state index < -0.39 is 0 Å². The Labute approximate surface area is 359 Å². The fourth-order valence-electron chi connectivity index (χ4n) is 6.77. The summed E-state index contributed by atoms with van der Waals surface area (Å²) >= 11 is 0. The number of phenolic OH excluding ortho intramolecular Hbond substituents is 3. The van der Waals surface area contributed by atoms with Gasteiger partial charge in [-0.1, -0.05) is 220 Å². The molecular formula is C53H65O3Ti-.